The second-order valence-electron chi connectivity index (χ2n) is 4.45. The number of aromatic nitrogens is 3. The van der Waals surface area contributed by atoms with Gasteiger partial charge in [-0.15, -0.1) is 0 Å². The Kier molecular flexibility index (Phi) is 3.79. The predicted octanol–water partition coefficient (Wildman–Crippen LogP) is 2.29. The summed E-state index contributed by atoms with van der Waals surface area (Å²) in [5.74, 6) is 1.54. The Labute approximate surface area is 112 Å². The summed E-state index contributed by atoms with van der Waals surface area (Å²) in [5, 5.41) is 3.05. The van der Waals surface area contributed by atoms with Gasteiger partial charge in [0.15, 0.2) is 5.82 Å². The van der Waals surface area contributed by atoms with Crippen molar-refractivity contribution in [1.82, 2.24) is 15.0 Å². The Hall–Kier alpha value is -2.37. The zero-order valence-corrected chi connectivity index (χ0v) is 11.2. The molecule has 2 heterocycles. The van der Waals surface area contributed by atoms with Crippen molar-refractivity contribution in [1.29, 1.82) is 0 Å². The van der Waals surface area contributed by atoms with Gasteiger partial charge in [0.05, 0.1) is 6.10 Å². The molecule has 0 spiro atoms. The van der Waals surface area contributed by atoms with Crippen molar-refractivity contribution in [2.45, 2.75) is 26.9 Å². The molecule has 0 aromatic carbocycles. The van der Waals surface area contributed by atoms with E-state index in [2.05, 4.69) is 20.3 Å². The van der Waals surface area contributed by atoms with Crippen LogP contribution in [0.25, 0.3) is 0 Å². The van der Waals surface area contributed by atoms with E-state index < -0.39 is 0 Å². The zero-order chi connectivity index (χ0) is 13.8. The molecule has 2 rings (SSSR count). The lowest BCUT2D eigenvalue weighted by Gasteiger charge is -2.13. The van der Waals surface area contributed by atoms with Gasteiger partial charge in [0.1, 0.15) is 17.8 Å². The van der Waals surface area contributed by atoms with Crippen LogP contribution in [0.1, 0.15) is 19.4 Å². The summed E-state index contributed by atoms with van der Waals surface area (Å²) >= 11 is 0. The van der Waals surface area contributed by atoms with Gasteiger partial charge < -0.3 is 15.8 Å². The minimum Gasteiger partial charge on any atom is -0.473 e. The van der Waals surface area contributed by atoms with Gasteiger partial charge in [-0.1, -0.05) is 6.07 Å². The van der Waals surface area contributed by atoms with Crippen LogP contribution in [0.5, 0.6) is 5.88 Å². The fourth-order valence-corrected chi connectivity index (χ4v) is 1.46. The van der Waals surface area contributed by atoms with Crippen LogP contribution in [0.15, 0.2) is 24.7 Å². The molecule has 0 radical (unpaired) electrons. The summed E-state index contributed by atoms with van der Waals surface area (Å²) in [6.07, 6.45) is 3.18. The number of nitrogens with one attached hydrogen (secondary N) is 1. The van der Waals surface area contributed by atoms with Crippen molar-refractivity contribution in [3.63, 3.8) is 0 Å². The first kappa shape index (κ1) is 13.1. The molecule has 0 aliphatic heterocycles. The molecule has 0 aliphatic rings. The van der Waals surface area contributed by atoms with Crippen molar-refractivity contribution < 1.29 is 4.74 Å². The van der Waals surface area contributed by atoms with Gasteiger partial charge in [0, 0.05) is 6.20 Å². The molecular formula is C13H17N5O. The molecule has 2 aromatic heterocycles. The number of ether oxygens (including phenoxy) is 1. The van der Waals surface area contributed by atoms with Crippen LogP contribution in [0.4, 0.5) is 17.3 Å². The third kappa shape index (κ3) is 3.31. The standard InChI is InChI=1S/C13H17N5O/c1-8(2)19-13-11(14)12(16-7-17-13)18-10-5-4-9(3)6-15-10/h4-8H,14H2,1-3H3,(H,15,16,17,18). The Morgan fingerprint density at radius 1 is 1.21 bits per heavy atom. The van der Waals surface area contributed by atoms with Crippen molar-refractivity contribution >= 4 is 17.3 Å². The van der Waals surface area contributed by atoms with E-state index in [1.54, 1.807) is 6.20 Å². The van der Waals surface area contributed by atoms with Gasteiger partial charge >= 0.3 is 0 Å². The Morgan fingerprint density at radius 3 is 2.63 bits per heavy atom. The summed E-state index contributed by atoms with van der Waals surface area (Å²) in [7, 11) is 0. The molecule has 6 nitrogen and oxygen atoms in total. The number of nitrogens with two attached hydrogens (primary N) is 1. The minimum absolute atomic E-state index is 0.00236. The second-order valence-corrected chi connectivity index (χ2v) is 4.45. The van der Waals surface area contributed by atoms with Gasteiger partial charge in [-0.2, -0.15) is 4.98 Å². The topological polar surface area (TPSA) is 86.0 Å². The normalized spacial score (nSPS) is 10.5. The van der Waals surface area contributed by atoms with E-state index in [9.17, 15) is 0 Å². The first-order valence-corrected chi connectivity index (χ1v) is 6.03. The molecular weight excluding hydrogens is 242 g/mol. The van der Waals surface area contributed by atoms with Crippen LogP contribution in [-0.4, -0.2) is 21.1 Å². The predicted molar refractivity (Wildman–Crippen MR) is 74.5 cm³/mol. The van der Waals surface area contributed by atoms with Gasteiger partial charge in [-0.05, 0) is 32.4 Å². The number of aryl methyl sites for hydroxylation is 1. The van der Waals surface area contributed by atoms with E-state index in [0.717, 1.165) is 5.56 Å². The van der Waals surface area contributed by atoms with E-state index in [1.807, 2.05) is 32.9 Å². The minimum atomic E-state index is 0.00236. The highest BCUT2D eigenvalue weighted by molar-refractivity contribution is 5.70. The highest BCUT2D eigenvalue weighted by Gasteiger charge is 2.11. The number of anilines is 3. The summed E-state index contributed by atoms with van der Waals surface area (Å²) in [6.45, 7) is 5.80. The Bertz CT molecular complexity index is 553. The number of nitrogens with zero attached hydrogens (tertiary/aromatic N) is 3. The largest absolute Gasteiger partial charge is 0.473 e. The average Bonchev–Trinajstić information content (AvgIpc) is 2.36. The van der Waals surface area contributed by atoms with Crippen LogP contribution < -0.4 is 15.8 Å². The third-order valence-corrected chi connectivity index (χ3v) is 2.35. The fraction of sp³-hybridized carbons (Fsp3) is 0.308. The molecule has 6 heteroatoms. The first-order valence-electron chi connectivity index (χ1n) is 6.03. The summed E-state index contributed by atoms with van der Waals surface area (Å²) < 4.78 is 5.51. The van der Waals surface area contributed by atoms with Crippen molar-refractivity contribution in [3.05, 3.63) is 30.2 Å². The molecule has 3 N–H and O–H groups in total. The summed E-state index contributed by atoms with van der Waals surface area (Å²) in [5.41, 5.74) is 7.43. The smallest absolute Gasteiger partial charge is 0.242 e. The Balaban J connectivity index is 2.23. The van der Waals surface area contributed by atoms with Crippen LogP contribution in [0.2, 0.25) is 0 Å². The van der Waals surface area contributed by atoms with Crippen LogP contribution in [0.3, 0.4) is 0 Å². The van der Waals surface area contributed by atoms with Crippen molar-refractivity contribution in [3.8, 4) is 5.88 Å². The molecule has 0 atom stereocenters. The van der Waals surface area contributed by atoms with Gasteiger partial charge in [0.2, 0.25) is 5.88 Å². The molecule has 0 fully saturated rings. The number of rotatable bonds is 4. The molecule has 0 unspecified atom stereocenters. The monoisotopic (exact) mass is 259 g/mol. The Morgan fingerprint density at radius 2 is 2.00 bits per heavy atom. The van der Waals surface area contributed by atoms with Gasteiger partial charge in [-0.25, -0.2) is 9.97 Å². The average molecular weight is 259 g/mol. The highest BCUT2D eigenvalue weighted by atomic mass is 16.5. The molecule has 0 saturated heterocycles. The lowest BCUT2D eigenvalue weighted by Crippen LogP contribution is -2.11. The number of pyridine rings is 1. The first-order chi connectivity index (χ1) is 9.06. The molecule has 0 bridgehead atoms. The number of nitrogen functional groups attached to an aromatic ring is 1. The maximum Gasteiger partial charge on any atom is 0.242 e. The van der Waals surface area contributed by atoms with E-state index in [4.69, 9.17) is 10.5 Å². The van der Waals surface area contributed by atoms with E-state index in [-0.39, 0.29) is 6.10 Å². The molecule has 0 saturated carbocycles. The van der Waals surface area contributed by atoms with Crippen LogP contribution in [-0.2, 0) is 0 Å². The SMILES string of the molecule is Cc1ccc(Nc2ncnc(OC(C)C)c2N)nc1. The van der Waals surface area contributed by atoms with Crippen molar-refractivity contribution in [2.75, 3.05) is 11.1 Å². The third-order valence-electron chi connectivity index (χ3n) is 2.35. The van der Waals surface area contributed by atoms with Crippen LogP contribution in [0, 0.1) is 6.92 Å². The van der Waals surface area contributed by atoms with Crippen molar-refractivity contribution in [2.24, 2.45) is 0 Å². The van der Waals surface area contributed by atoms with Crippen LogP contribution >= 0.6 is 0 Å². The molecule has 2 aromatic rings. The maximum absolute atomic E-state index is 5.97. The van der Waals surface area contributed by atoms with E-state index in [0.29, 0.717) is 23.2 Å². The molecule has 100 valence electrons. The molecule has 0 amide bonds. The maximum atomic E-state index is 5.97. The zero-order valence-electron chi connectivity index (χ0n) is 11.2. The second kappa shape index (κ2) is 5.51. The number of hydrogen-bond donors (Lipinski definition) is 2. The summed E-state index contributed by atoms with van der Waals surface area (Å²) in [4.78, 5) is 12.4. The lowest BCUT2D eigenvalue weighted by molar-refractivity contribution is 0.234. The number of hydrogen-bond acceptors (Lipinski definition) is 6. The van der Waals surface area contributed by atoms with Gasteiger partial charge in [0.25, 0.3) is 0 Å². The lowest BCUT2D eigenvalue weighted by atomic mass is 10.3. The molecule has 19 heavy (non-hydrogen) atoms. The fourth-order valence-electron chi connectivity index (χ4n) is 1.46. The van der Waals surface area contributed by atoms with E-state index in [1.165, 1.54) is 6.33 Å². The van der Waals surface area contributed by atoms with E-state index >= 15 is 0 Å². The quantitative estimate of drug-likeness (QED) is 0.876. The highest BCUT2D eigenvalue weighted by Crippen LogP contribution is 2.27. The van der Waals surface area contributed by atoms with Gasteiger partial charge in [-0.3, -0.25) is 0 Å². The summed E-state index contributed by atoms with van der Waals surface area (Å²) in [6, 6.07) is 3.82. The molecule has 0 aliphatic carbocycles.